The molecule has 154 valence electrons. The normalized spacial score (nSPS) is 11.8. The van der Waals surface area contributed by atoms with Crippen LogP contribution in [-0.2, 0) is 11.2 Å². The molecule has 1 aliphatic heterocycles. The Labute approximate surface area is 181 Å². The van der Waals surface area contributed by atoms with Crippen LogP contribution >= 0.6 is 31.9 Å². The van der Waals surface area contributed by atoms with Gasteiger partial charge in [-0.2, -0.15) is 0 Å². The molecule has 28 heavy (non-hydrogen) atoms. The molecular formula is C19H24Br2N2O5. The smallest absolute Gasteiger partial charge is 0.272 e. The Balaban J connectivity index is 0.000000411. The summed E-state index contributed by atoms with van der Waals surface area (Å²) in [6, 6.07) is 11.1. The molecule has 2 aromatic rings. The predicted octanol–water partition coefficient (Wildman–Crippen LogP) is 6.71. The summed E-state index contributed by atoms with van der Waals surface area (Å²) in [4.78, 5) is 19.8. The van der Waals surface area contributed by atoms with Gasteiger partial charge in [-0.1, -0.05) is 46.2 Å². The summed E-state index contributed by atoms with van der Waals surface area (Å²) in [5, 5.41) is 20.6. The molecule has 2 aromatic carbocycles. The lowest BCUT2D eigenvalue weighted by Gasteiger charge is -1.99. The SMILES string of the molecule is C.C1CCOC1.CCc1cc(Br)ccc1[N+](=O)[O-].O=[N+]([O-])c1ccc(Br)cc1. The number of nitrogens with zero attached hydrogens (tertiary/aromatic N) is 2. The van der Waals surface area contributed by atoms with E-state index < -0.39 is 4.92 Å². The number of nitro groups is 2. The molecule has 3 rings (SSSR count). The number of rotatable bonds is 3. The molecule has 0 saturated carbocycles. The molecule has 0 spiro atoms. The fourth-order valence-electron chi connectivity index (χ4n) is 2.09. The molecule has 0 aromatic heterocycles. The highest BCUT2D eigenvalue weighted by atomic mass is 79.9. The maximum absolute atomic E-state index is 10.5. The number of nitro benzene ring substituents is 2. The lowest BCUT2D eigenvalue weighted by molar-refractivity contribution is -0.385. The van der Waals surface area contributed by atoms with Crippen molar-refractivity contribution in [2.24, 2.45) is 0 Å². The highest BCUT2D eigenvalue weighted by molar-refractivity contribution is 9.10. The fourth-order valence-corrected chi connectivity index (χ4v) is 2.76. The second-order valence-electron chi connectivity index (χ2n) is 5.44. The van der Waals surface area contributed by atoms with Crippen molar-refractivity contribution in [3.8, 4) is 0 Å². The number of halogens is 2. The first-order valence-electron chi connectivity index (χ1n) is 8.25. The van der Waals surface area contributed by atoms with Crippen LogP contribution in [0.4, 0.5) is 11.4 Å². The minimum absolute atomic E-state index is 0. The van der Waals surface area contributed by atoms with Gasteiger partial charge in [-0.15, -0.1) is 0 Å². The molecule has 9 heteroatoms. The number of aryl methyl sites for hydroxylation is 1. The first-order valence-corrected chi connectivity index (χ1v) is 9.84. The van der Waals surface area contributed by atoms with Crippen molar-refractivity contribution in [1.82, 2.24) is 0 Å². The summed E-state index contributed by atoms with van der Waals surface area (Å²) in [6.07, 6.45) is 3.23. The Hall–Kier alpha value is -1.84. The summed E-state index contributed by atoms with van der Waals surface area (Å²) in [7, 11) is 0. The molecule has 1 aliphatic rings. The van der Waals surface area contributed by atoms with Gasteiger partial charge in [0.25, 0.3) is 11.4 Å². The van der Waals surface area contributed by atoms with Crippen LogP contribution < -0.4 is 0 Å². The first kappa shape index (κ1) is 26.2. The minimum Gasteiger partial charge on any atom is -0.381 e. The van der Waals surface area contributed by atoms with Crippen molar-refractivity contribution in [3.05, 3.63) is 77.2 Å². The van der Waals surface area contributed by atoms with Gasteiger partial charge in [0.2, 0.25) is 0 Å². The van der Waals surface area contributed by atoms with Crippen LogP contribution in [0.3, 0.4) is 0 Å². The zero-order valence-electron chi connectivity index (χ0n) is 14.8. The summed E-state index contributed by atoms with van der Waals surface area (Å²) >= 11 is 6.44. The Morgan fingerprint density at radius 1 is 0.929 bits per heavy atom. The lowest BCUT2D eigenvalue weighted by Crippen LogP contribution is -1.93. The summed E-state index contributed by atoms with van der Waals surface area (Å²) < 4.78 is 6.67. The zero-order valence-corrected chi connectivity index (χ0v) is 17.9. The van der Waals surface area contributed by atoms with Gasteiger partial charge in [-0.05, 0) is 43.5 Å². The number of benzene rings is 2. The van der Waals surface area contributed by atoms with E-state index in [-0.39, 0.29) is 23.7 Å². The Bertz CT molecular complexity index is 743. The Morgan fingerprint density at radius 3 is 1.86 bits per heavy atom. The van der Waals surface area contributed by atoms with E-state index in [1.165, 1.54) is 31.0 Å². The quantitative estimate of drug-likeness (QED) is 0.331. The highest BCUT2D eigenvalue weighted by Crippen LogP contribution is 2.23. The van der Waals surface area contributed by atoms with E-state index >= 15 is 0 Å². The Morgan fingerprint density at radius 2 is 1.46 bits per heavy atom. The van der Waals surface area contributed by atoms with Crippen molar-refractivity contribution in [3.63, 3.8) is 0 Å². The van der Waals surface area contributed by atoms with Crippen LogP contribution in [-0.4, -0.2) is 23.1 Å². The third kappa shape index (κ3) is 9.91. The van der Waals surface area contributed by atoms with Crippen molar-refractivity contribution >= 4 is 43.2 Å². The number of ether oxygens (including phenoxy) is 1. The molecule has 0 amide bonds. The van der Waals surface area contributed by atoms with E-state index in [4.69, 9.17) is 4.74 Å². The van der Waals surface area contributed by atoms with Gasteiger partial charge in [0.1, 0.15) is 0 Å². The fraction of sp³-hybridized carbons (Fsp3) is 0.368. The van der Waals surface area contributed by atoms with E-state index in [1.54, 1.807) is 24.3 Å². The molecule has 0 unspecified atom stereocenters. The maximum Gasteiger partial charge on any atom is 0.272 e. The average molecular weight is 520 g/mol. The molecule has 0 radical (unpaired) electrons. The zero-order chi connectivity index (χ0) is 20.2. The van der Waals surface area contributed by atoms with Crippen molar-refractivity contribution in [2.45, 2.75) is 33.6 Å². The molecule has 7 nitrogen and oxygen atoms in total. The van der Waals surface area contributed by atoms with Gasteiger partial charge in [0.05, 0.1) is 9.85 Å². The van der Waals surface area contributed by atoms with Crippen LogP contribution in [0.1, 0.15) is 32.8 Å². The Kier molecular flexibility index (Phi) is 13.3. The summed E-state index contributed by atoms with van der Waals surface area (Å²) in [5.41, 5.74) is 1.07. The van der Waals surface area contributed by atoms with Crippen molar-refractivity contribution in [1.29, 1.82) is 0 Å². The van der Waals surface area contributed by atoms with Gasteiger partial charge in [0.15, 0.2) is 0 Å². The molecule has 0 aliphatic carbocycles. The molecule has 1 fully saturated rings. The number of hydrogen-bond donors (Lipinski definition) is 0. The number of non-ortho nitro benzene ring substituents is 1. The second kappa shape index (κ2) is 14.2. The molecule has 1 heterocycles. The summed E-state index contributed by atoms with van der Waals surface area (Å²) in [5.74, 6) is 0. The monoisotopic (exact) mass is 518 g/mol. The highest BCUT2D eigenvalue weighted by Gasteiger charge is 2.11. The predicted molar refractivity (Wildman–Crippen MR) is 118 cm³/mol. The van der Waals surface area contributed by atoms with Crippen molar-refractivity contribution < 1.29 is 14.6 Å². The maximum atomic E-state index is 10.5. The van der Waals surface area contributed by atoms with E-state index in [9.17, 15) is 20.2 Å². The third-order valence-electron chi connectivity index (χ3n) is 3.48. The molecule has 1 saturated heterocycles. The molecule has 0 bridgehead atoms. The van der Waals surface area contributed by atoms with Crippen LogP contribution in [0.2, 0.25) is 0 Å². The topological polar surface area (TPSA) is 95.5 Å². The third-order valence-corrected chi connectivity index (χ3v) is 4.51. The van der Waals surface area contributed by atoms with E-state index in [1.807, 2.05) is 6.92 Å². The van der Waals surface area contributed by atoms with Gasteiger partial charge in [-0.25, -0.2) is 0 Å². The van der Waals surface area contributed by atoms with Crippen LogP contribution in [0.5, 0.6) is 0 Å². The lowest BCUT2D eigenvalue weighted by atomic mass is 10.1. The largest absolute Gasteiger partial charge is 0.381 e. The van der Waals surface area contributed by atoms with E-state index in [0.717, 1.165) is 27.7 Å². The van der Waals surface area contributed by atoms with Gasteiger partial charge >= 0.3 is 0 Å². The van der Waals surface area contributed by atoms with Gasteiger partial charge in [-0.3, -0.25) is 20.2 Å². The van der Waals surface area contributed by atoms with Gasteiger partial charge < -0.3 is 4.74 Å². The van der Waals surface area contributed by atoms with Crippen molar-refractivity contribution in [2.75, 3.05) is 13.2 Å². The van der Waals surface area contributed by atoms with E-state index in [2.05, 4.69) is 31.9 Å². The summed E-state index contributed by atoms with van der Waals surface area (Å²) in [6.45, 7) is 3.90. The van der Waals surface area contributed by atoms with Crippen LogP contribution in [0.15, 0.2) is 51.4 Å². The van der Waals surface area contributed by atoms with Crippen LogP contribution in [0, 0.1) is 20.2 Å². The number of hydrogen-bond acceptors (Lipinski definition) is 5. The van der Waals surface area contributed by atoms with E-state index in [0.29, 0.717) is 6.42 Å². The molecule has 0 N–H and O–H groups in total. The van der Waals surface area contributed by atoms with Crippen LogP contribution in [0.25, 0.3) is 0 Å². The van der Waals surface area contributed by atoms with Gasteiger partial charge in [0, 0.05) is 45.9 Å². The average Bonchev–Trinajstić information content (AvgIpc) is 3.22. The molecular weight excluding hydrogens is 496 g/mol. The standard InChI is InChI=1S/C8H8BrNO2.C6H4BrNO2.C4H8O.CH4/c1-2-6-5-7(9)3-4-8(6)10(11)12;7-5-1-3-6(4-2-5)8(9)10;1-2-4-5-3-1;/h3-5H,2H2,1H3;1-4H;1-4H2;1H4. The first-order chi connectivity index (χ1) is 12.8. The molecule has 0 atom stereocenters. The minimum atomic E-state index is -0.424. The second-order valence-corrected chi connectivity index (χ2v) is 7.27.